The highest BCUT2D eigenvalue weighted by Gasteiger charge is 2.33. The molecule has 112 valence electrons. The normalized spacial score (nSPS) is 19.8. The minimum Gasteiger partial charge on any atom is -0.339 e. The van der Waals surface area contributed by atoms with Crippen LogP contribution in [0.15, 0.2) is 0 Å². The topological polar surface area (TPSA) is 32.3 Å². The summed E-state index contributed by atoms with van der Waals surface area (Å²) in [4.78, 5) is 14.5. The van der Waals surface area contributed by atoms with Gasteiger partial charge in [-0.15, -0.1) is 12.4 Å². The number of nitrogens with zero attached hydrogens (tertiary/aromatic N) is 1. The van der Waals surface area contributed by atoms with Crippen LogP contribution in [0.25, 0.3) is 0 Å². The summed E-state index contributed by atoms with van der Waals surface area (Å²) in [6, 6.07) is 0.592. The molecule has 1 N–H and O–H groups in total. The lowest BCUT2D eigenvalue weighted by Crippen LogP contribution is -2.37. The Bertz CT molecular complexity index is 263. The number of nitrogens with one attached hydrogen (secondary N) is 1. The van der Waals surface area contributed by atoms with Crippen LogP contribution in [-0.4, -0.2) is 37.0 Å². The minimum absolute atomic E-state index is 0. The molecule has 0 atom stereocenters. The van der Waals surface area contributed by atoms with Crippen LogP contribution in [0.1, 0.15) is 57.8 Å². The van der Waals surface area contributed by atoms with Crippen LogP contribution in [0.2, 0.25) is 0 Å². The van der Waals surface area contributed by atoms with Crippen molar-refractivity contribution < 1.29 is 4.79 Å². The van der Waals surface area contributed by atoms with Gasteiger partial charge in [0, 0.05) is 19.0 Å². The molecule has 1 amide bonds. The average Bonchev–Trinajstić information content (AvgIpc) is 3.21. The number of hydrogen-bond acceptors (Lipinski definition) is 2. The van der Waals surface area contributed by atoms with E-state index in [0.29, 0.717) is 11.9 Å². The first-order valence-corrected chi connectivity index (χ1v) is 7.75. The van der Waals surface area contributed by atoms with Crippen molar-refractivity contribution in [1.82, 2.24) is 10.2 Å². The Morgan fingerprint density at radius 2 is 1.84 bits per heavy atom. The summed E-state index contributed by atoms with van der Waals surface area (Å²) in [5.74, 6) is 1.19. The molecule has 2 saturated carbocycles. The maximum Gasteiger partial charge on any atom is 0.222 e. The van der Waals surface area contributed by atoms with Crippen molar-refractivity contribution in [2.75, 3.05) is 20.1 Å². The summed E-state index contributed by atoms with van der Waals surface area (Å²) < 4.78 is 0. The van der Waals surface area contributed by atoms with Gasteiger partial charge in [0.05, 0.1) is 0 Å². The van der Waals surface area contributed by atoms with Crippen LogP contribution in [-0.2, 0) is 4.79 Å². The number of carbonyl (C=O) groups is 1. The molecule has 2 fully saturated rings. The van der Waals surface area contributed by atoms with Crippen LogP contribution in [0, 0.1) is 5.92 Å². The monoisotopic (exact) mass is 288 g/mol. The number of halogens is 1. The summed E-state index contributed by atoms with van der Waals surface area (Å²) in [5.41, 5.74) is 0. The van der Waals surface area contributed by atoms with Crippen molar-refractivity contribution >= 4 is 18.3 Å². The molecule has 0 bridgehead atoms. The van der Waals surface area contributed by atoms with E-state index in [4.69, 9.17) is 0 Å². The van der Waals surface area contributed by atoms with E-state index in [0.717, 1.165) is 31.8 Å². The zero-order valence-corrected chi connectivity index (χ0v) is 13.0. The highest BCUT2D eigenvalue weighted by atomic mass is 35.5. The Morgan fingerprint density at radius 1 is 1.16 bits per heavy atom. The second kappa shape index (κ2) is 8.80. The van der Waals surface area contributed by atoms with Gasteiger partial charge in [0.25, 0.3) is 0 Å². The Balaban J connectivity index is 0.00000180. The van der Waals surface area contributed by atoms with Gasteiger partial charge in [-0.05, 0) is 51.6 Å². The Hall–Kier alpha value is -0.280. The van der Waals surface area contributed by atoms with Crippen LogP contribution in [0.4, 0.5) is 0 Å². The van der Waals surface area contributed by atoms with E-state index < -0.39 is 0 Å². The fourth-order valence-corrected chi connectivity index (χ4v) is 3.05. The molecule has 0 heterocycles. The van der Waals surface area contributed by atoms with Crippen molar-refractivity contribution in [2.45, 2.75) is 63.8 Å². The lowest BCUT2D eigenvalue weighted by atomic mass is 9.89. The molecule has 2 rings (SSSR count). The third-order valence-corrected chi connectivity index (χ3v) is 4.31. The summed E-state index contributed by atoms with van der Waals surface area (Å²) in [6.07, 6.45) is 11.0. The second-order valence-corrected chi connectivity index (χ2v) is 5.99. The summed E-state index contributed by atoms with van der Waals surface area (Å²) in [7, 11) is 1.95. The minimum atomic E-state index is 0. The summed E-state index contributed by atoms with van der Waals surface area (Å²) in [6.45, 7) is 2.00. The molecule has 4 heteroatoms. The molecule has 0 aliphatic heterocycles. The van der Waals surface area contributed by atoms with Crippen molar-refractivity contribution in [3.8, 4) is 0 Å². The first kappa shape index (κ1) is 16.8. The zero-order valence-electron chi connectivity index (χ0n) is 12.2. The molecule has 2 aliphatic rings. The maximum atomic E-state index is 12.3. The second-order valence-electron chi connectivity index (χ2n) is 5.99. The molecule has 3 nitrogen and oxygen atoms in total. The molecule has 0 aromatic carbocycles. The molecular formula is C15H29ClN2O. The lowest BCUT2D eigenvalue weighted by Gasteiger charge is -2.30. The molecule has 0 radical (unpaired) electrons. The van der Waals surface area contributed by atoms with E-state index >= 15 is 0 Å². The van der Waals surface area contributed by atoms with Gasteiger partial charge < -0.3 is 10.2 Å². The highest BCUT2D eigenvalue weighted by molar-refractivity contribution is 5.85. The average molecular weight is 289 g/mol. The molecule has 0 spiro atoms. The quantitative estimate of drug-likeness (QED) is 0.731. The van der Waals surface area contributed by atoms with Crippen LogP contribution < -0.4 is 5.32 Å². The van der Waals surface area contributed by atoms with Gasteiger partial charge in [-0.25, -0.2) is 0 Å². The van der Waals surface area contributed by atoms with Crippen LogP contribution in [0.3, 0.4) is 0 Å². The zero-order chi connectivity index (χ0) is 12.8. The summed E-state index contributed by atoms with van der Waals surface area (Å²) >= 11 is 0. The number of amides is 1. The van der Waals surface area contributed by atoms with Gasteiger partial charge in [-0.2, -0.15) is 0 Å². The van der Waals surface area contributed by atoms with E-state index in [1.165, 1.54) is 44.9 Å². The predicted molar refractivity (Wildman–Crippen MR) is 81.7 cm³/mol. The SMILES string of the molecule is CNCCCC(=O)N(CC1CCCCC1)C1CC1.Cl. The summed E-state index contributed by atoms with van der Waals surface area (Å²) in [5, 5.41) is 3.12. The van der Waals surface area contributed by atoms with Gasteiger partial charge >= 0.3 is 0 Å². The molecular weight excluding hydrogens is 260 g/mol. The predicted octanol–water partition coefficient (Wildman–Crippen LogP) is 2.98. The fourth-order valence-electron chi connectivity index (χ4n) is 3.05. The standard InChI is InChI=1S/C15H28N2O.ClH/c1-16-11-5-8-15(18)17(14-9-10-14)12-13-6-3-2-4-7-13;/h13-14,16H,2-12H2,1H3;1H. The van der Waals surface area contributed by atoms with E-state index in [1.807, 2.05) is 7.05 Å². The van der Waals surface area contributed by atoms with Gasteiger partial charge in [-0.3, -0.25) is 4.79 Å². The van der Waals surface area contributed by atoms with Crippen LogP contribution in [0.5, 0.6) is 0 Å². The Labute approximate surface area is 123 Å². The lowest BCUT2D eigenvalue weighted by molar-refractivity contribution is -0.132. The number of rotatable bonds is 7. The first-order chi connectivity index (χ1) is 8.81. The smallest absolute Gasteiger partial charge is 0.222 e. The maximum absolute atomic E-state index is 12.3. The van der Waals surface area contributed by atoms with E-state index in [2.05, 4.69) is 10.2 Å². The molecule has 2 aliphatic carbocycles. The molecule has 0 aromatic rings. The van der Waals surface area contributed by atoms with E-state index in [9.17, 15) is 4.79 Å². The highest BCUT2D eigenvalue weighted by Crippen LogP contribution is 2.31. The van der Waals surface area contributed by atoms with Crippen LogP contribution >= 0.6 is 12.4 Å². The van der Waals surface area contributed by atoms with Gasteiger partial charge in [0.2, 0.25) is 5.91 Å². The third kappa shape index (κ3) is 5.70. The number of hydrogen-bond donors (Lipinski definition) is 1. The van der Waals surface area contributed by atoms with Crippen molar-refractivity contribution in [2.24, 2.45) is 5.92 Å². The largest absolute Gasteiger partial charge is 0.339 e. The fraction of sp³-hybridized carbons (Fsp3) is 0.933. The molecule has 0 aromatic heterocycles. The van der Waals surface area contributed by atoms with Gasteiger partial charge in [0.1, 0.15) is 0 Å². The van der Waals surface area contributed by atoms with Crippen molar-refractivity contribution in [3.63, 3.8) is 0 Å². The Kier molecular flexibility index (Phi) is 7.77. The van der Waals surface area contributed by atoms with E-state index in [-0.39, 0.29) is 12.4 Å². The molecule has 0 unspecified atom stereocenters. The number of carbonyl (C=O) groups excluding carboxylic acids is 1. The van der Waals surface area contributed by atoms with Gasteiger partial charge in [0.15, 0.2) is 0 Å². The molecule has 19 heavy (non-hydrogen) atoms. The van der Waals surface area contributed by atoms with Crippen molar-refractivity contribution in [1.29, 1.82) is 0 Å². The Morgan fingerprint density at radius 3 is 2.42 bits per heavy atom. The van der Waals surface area contributed by atoms with E-state index in [1.54, 1.807) is 0 Å². The third-order valence-electron chi connectivity index (χ3n) is 4.31. The van der Waals surface area contributed by atoms with Gasteiger partial charge in [-0.1, -0.05) is 19.3 Å². The molecule has 0 saturated heterocycles. The van der Waals surface area contributed by atoms with Crippen molar-refractivity contribution in [3.05, 3.63) is 0 Å². The first-order valence-electron chi connectivity index (χ1n) is 7.75.